The van der Waals surface area contributed by atoms with Gasteiger partial charge in [-0.05, 0) is 32.8 Å². The number of ketones is 1. The maximum absolute atomic E-state index is 12.9. The van der Waals surface area contributed by atoms with E-state index in [9.17, 15) is 9.59 Å². The third kappa shape index (κ3) is 2.56. The molecule has 0 saturated heterocycles. The molecule has 1 aliphatic carbocycles. The number of hydrogen-bond donors (Lipinski definition) is 0. The first-order chi connectivity index (χ1) is 10.5. The van der Waals surface area contributed by atoms with Crippen LogP contribution in [0.25, 0.3) is 0 Å². The zero-order valence-corrected chi connectivity index (χ0v) is 13.7. The van der Waals surface area contributed by atoms with E-state index in [0.29, 0.717) is 27.9 Å². The molecule has 1 aliphatic rings. The number of aryl methyl sites for hydroxylation is 2. The van der Waals surface area contributed by atoms with Crippen LogP contribution in [0.1, 0.15) is 52.5 Å². The largest absolute Gasteiger partial charge is 0.294 e. The van der Waals surface area contributed by atoms with Gasteiger partial charge in [-0.3, -0.25) is 19.2 Å². The first-order valence-corrected chi connectivity index (χ1v) is 8.18. The highest BCUT2D eigenvalue weighted by molar-refractivity contribution is 7.17. The summed E-state index contributed by atoms with van der Waals surface area (Å²) in [7, 11) is 0. The molecular weight excluding hydrogens is 300 g/mol. The van der Waals surface area contributed by atoms with Crippen molar-refractivity contribution in [1.29, 1.82) is 0 Å². The molecule has 0 aliphatic heterocycles. The molecule has 1 saturated carbocycles. The first-order valence-electron chi connectivity index (χ1n) is 7.36. The van der Waals surface area contributed by atoms with E-state index in [1.807, 2.05) is 13.8 Å². The molecule has 1 amide bonds. The Bertz CT molecular complexity index is 730. The quantitative estimate of drug-likeness (QED) is 0.795. The molecule has 7 heteroatoms. The maximum Gasteiger partial charge on any atom is 0.278 e. The topological polar surface area (TPSA) is 68.1 Å². The normalized spacial score (nSPS) is 14.1. The summed E-state index contributed by atoms with van der Waals surface area (Å²) < 4.78 is 1.68. The zero-order valence-electron chi connectivity index (χ0n) is 12.9. The third-order valence-corrected chi connectivity index (χ3v) is 4.93. The lowest BCUT2D eigenvalue weighted by Crippen LogP contribution is -2.34. The molecule has 116 valence electrons. The van der Waals surface area contributed by atoms with Crippen molar-refractivity contribution in [2.45, 2.75) is 46.2 Å². The predicted octanol–water partition coefficient (Wildman–Crippen LogP) is 2.68. The molecule has 0 atom stereocenters. The number of thiazole rings is 1. The smallest absolute Gasteiger partial charge is 0.278 e. The lowest BCUT2D eigenvalue weighted by atomic mass is 10.3. The van der Waals surface area contributed by atoms with Gasteiger partial charge < -0.3 is 0 Å². The molecule has 0 aromatic carbocycles. The highest BCUT2D eigenvalue weighted by Crippen LogP contribution is 2.36. The molecular formula is C15H18N4O2S. The Hall–Kier alpha value is -2.02. The van der Waals surface area contributed by atoms with Crippen LogP contribution in [-0.4, -0.2) is 32.5 Å². The Balaban J connectivity index is 1.98. The highest BCUT2D eigenvalue weighted by atomic mass is 32.1. The molecule has 3 rings (SSSR count). The first kappa shape index (κ1) is 14.9. The summed E-state index contributed by atoms with van der Waals surface area (Å²) in [6, 6.07) is 1.91. The van der Waals surface area contributed by atoms with E-state index in [4.69, 9.17) is 0 Å². The Morgan fingerprint density at radius 2 is 2.18 bits per heavy atom. The Labute approximate surface area is 132 Å². The molecule has 2 aromatic rings. The summed E-state index contributed by atoms with van der Waals surface area (Å²) in [6.07, 6.45) is 3.58. The van der Waals surface area contributed by atoms with E-state index in [-0.39, 0.29) is 17.7 Å². The summed E-state index contributed by atoms with van der Waals surface area (Å²) in [4.78, 5) is 31.3. The van der Waals surface area contributed by atoms with Gasteiger partial charge in [-0.2, -0.15) is 5.10 Å². The van der Waals surface area contributed by atoms with Gasteiger partial charge in [-0.25, -0.2) is 4.98 Å². The predicted molar refractivity (Wildman–Crippen MR) is 84.6 cm³/mol. The van der Waals surface area contributed by atoms with Crippen LogP contribution in [0, 0.1) is 6.92 Å². The average molecular weight is 318 g/mol. The molecule has 2 aromatic heterocycles. The zero-order chi connectivity index (χ0) is 15.9. The van der Waals surface area contributed by atoms with Gasteiger partial charge in [-0.1, -0.05) is 11.3 Å². The van der Waals surface area contributed by atoms with Crippen molar-refractivity contribution in [3.8, 4) is 0 Å². The summed E-state index contributed by atoms with van der Waals surface area (Å²) in [5.74, 6) is -0.103. The van der Waals surface area contributed by atoms with E-state index in [2.05, 4.69) is 10.1 Å². The minimum Gasteiger partial charge on any atom is -0.294 e. The summed E-state index contributed by atoms with van der Waals surface area (Å²) in [5, 5.41) is 4.77. The fourth-order valence-corrected chi connectivity index (χ4v) is 3.48. The second-order valence-electron chi connectivity index (χ2n) is 5.41. The summed E-state index contributed by atoms with van der Waals surface area (Å²) >= 11 is 1.30. The van der Waals surface area contributed by atoms with Gasteiger partial charge in [0.05, 0.1) is 10.6 Å². The van der Waals surface area contributed by atoms with E-state index >= 15 is 0 Å². The van der Waals surface area contributed by atoms with Gasteiger partial charge in [0.25, 0.3) is 5.91 Å². The Morgan fingerprint density at radius 1 is 1.45 bits per heavy atom. The fourth-order valence-electron chi connectivity index (χ4n) is 2.44. The number of carbonyl (C=O) groups excluding carboxylic acids is 2. The monoisotopic (exact) mass is 318 g/mol. The Kier molecular flexibility index (Phi) is 3.82. The van der Waals surface area contributed by atoms with E-state index in [0.717, 1.165) is 12.8 Å². The fraction of sp³-hybridized carbons (Fsp3) is 0.467. The Morgan fingerprint density at radius 3 is 2.73 bits per heavy atom. The third-order valence-electron chi connectivity index (χ3n) is 3.68. The number of aromatic nitrogens is 3. The molecule has 1 fully saturated rings. The van der Waals surface area contributed by atoms with Crippen LogP contribution < -0.4 is 4.90 Å². The van der Waals surface area contributed by atoms with Crippen molar-refractivity contribution in [3.05, 3.63) is 28.5 Å². The van der Waals surface area contributed by atoms with Crippen LogP contribution in [-0.2, 0) is 6.54 Å². The SMILES string of the molecule is CCn1nccc1C(=O)N(c1nc(C)c(C(C)=O)s1)C1CC1. The van der Waals surface area contributed by atoms with Gasteiger partial charge in [0.2, 0.25) is 0 Å². The van der Waals surface area contributed by atoms with E-state index in [1.165, 1.54) is 18.3 Å². The lowest BCUT2D eigenvalue weighted by molar-refractivity contribution is 0.0973. The van der Waals surface area contributed by atoms with Crippen LogP contribution in [0.4, 0.5) is 5.13 Å². The maximum atomic E-state index is 12.9. The molecule has 2 heterocycles. The van der Waals surface area contributed by atoms with E-state index in [1.54, 1.807) is 21.8 Å². The van der Waals surface area contributed by atoms with Crippen molar-refractivity contribution < 1.29 is 9.59 Å². The lowest BCUT2D eigenvalue weighted by Gasteiger charge is -2.19. The second kappa shape index (κ2) is 5.64. The average Bonchev–Trinajstić information content (AvgIpc) is 3.05. The molecule has 22 heavy (non-hydrogen) atoms. The number of Topliss-reactive ketones (excluding diaryl/α,β-unsaturated/α-hetero) is 1. The number of nitrogens with zero attached hydrogens (tertiary/aromatic N) is 4. The number of rotatable bonds is 5. The van der Waals surface area contributed by atoms with Crippen LogP contribution in [0.15, 0.2) is 12.3 Å². The second-order valence-corrected chi connectivity index (χ2v) is 6.38. The van der Waals surface area contributed by atoms with Crippen LogP contribution >= 0.6 is 11.3 Å². The van der Waals surface area contributed by atoms with Gasteiger partial charge in [0, 0.05) is 25.7 Å². The van der Waals surface area contributed by atoms with Crippen molar-refractivity contribution in [2.75, 3.05) is 4.90 Å². The van der Waals surface area contributed by atoms with Gasteiger partial charge in [-0.15, -0.1) is 0 Å². The van der Waals surface area contributed by atoms with Crippen molar-refractivity contribution in [2.24, 2.45) is 0 Å². The number of anilines is 1. The minimum absolute atomic E-state index is 0.0111. The van der Waals surface area contributed by atoms with Crippen LogP contribution in [0.3, 0.4) is 0 Å². The molecule has 0 bridgehead atoms. The van der Waals surface area contributed by atoms with Crippen molar-refractivity contribution >= 4 is 28.2 Å². The number of amides is 1. The molecule has 6 nitrogen and oxygen atoms in total. The molecule has 0 spiro atoms. The molecule has 0 radical (unpaired) electrons. The van der Waals surface area contributed by atoms with Crippen molar-refractivity contribution in [3.63, 3.8) is 0 Å². The standard InChI is InChI=1S/C15H18N4O2S/c1-4-18-12(7-8-16-18)14(21)19(11-5-6-11)15-17-9(2)13(22-15)10(3)20/h7-8,11H,4-6H2,1-3H3. The molecule has 0 N–H and O–H groups in total. The highest BCUT2D eigenvalue weighted by Gasteiger charge is 2.37. The van der Waals surface area contributed by atoms with Crippen molar-refractivity contribution in [1.82, 2.24) is 14.8 Å². The summed E-state index contributed by atoms with van der Waals surface area (Å²) in [5.41, 5.74) is 1.25. The number of carbonyl (C=O) groups is 2. The molecule has 0 unspecified atom stereocenters. The van der Waals surface area contributed by atoms with Gasteiger partial charge in [0.1, 0.15) is 5.69 Å². The number of hydrogen-bond acceptors (Lipinski definition) is 5. The minimum atomic E-state index is -0.0919. The van der Waals surface area contributed by atoms with Crippen LogP contribution in [0.2, 0.25) is 0 Å². The van der Waals surface area contributed by atoms with Gasteiger partial charge in [0.15, 0.2) is 10.9 Å². The van der Waals surface area contributed by atoms with E-state index < -0.39 is 0 Å². The van der Waals surface area contributed by atoms with Crippen LogP contribution in [0.5, 0.6) is 0 Å². The van der Waals surface area contributed by atoms with Gasteiger partial charge >= 0.3 is 0 Å². The summed E-state index contributed by atoms with van der Waals surface area (Å²) in [6.45, 7) is 5.93.